The van der Waals surface area contributed by atoms with Crippen LogP contribution in [-0.2, 0) is 17.1 Å². The number of hydrazone groups is 1. The van der Waals surface area contributed by atoms with E-state index in [4.69, 9.17) is 0 Å². The van der Waals surface area contributed by atoms with Crippen LogP contribution >= 0.6 is 0 Å². The van der Waals surface area contributed by atoms with Crippen LogP contribution in [0.2, 0.25) is 0 Å². The molecule has 0 saturated heterocycles. The van der Waals surface area contributed by atoms with Crippen LogP contribution in [-0.4, -0.2) is 24.2 Å². The van der Waals surface area contributed by atoms with Gasteiger partial charge < -0.3 is 4.57 Å². The molecule has 30 heavy (non-hydrogen) atoms. The maximum Gasteiger partial charge on any atom is 0.261 e. The van der Waals surface area contributed by atoms with E-state index in [0.29, 0.717) is 17.2 Å². The van der Waals surface area contributed by atoms with Crippen molar-refractivity contribution in [1.29, 1.82) is 0 Å². The number of para-hydroxylation sites is 3. The third-order valence-electron chi connectivity index (χ3n) is 4.69. The van der Waals surface area contributed by atoms with Crippen LogP contribution in [0.5, 0.6) is 0 Å². The van der Waals surface area contributed by atoms with Gasteiger partial charge in [0, 0.05) is 12.6 Å². The van der Waals surface area contributed by atoms with Gasteiger partial charge in [0.2, 0.25) is 5.95 Å². The summed E-state index contributed by atoms with van der Waals surface area (Å²) in [7, 11) is -1.80. The van der Waals surface area contributed by atoms with Crippen molar-refractivity contribution in [2.24, 2.45) is 12.1 Å². The highest BCUT2D eigenvalue weighted by Crippen LogP contribution is 2.20. The number of nitrogens with zero attached hydrogens (tertiary/aromatic N) is 3. The van der Waals surface area contributed by atoms with E-state index in [1.54, 1.807) is 48.7 Å². The molecule has 2 N–H and O–H groups in total. The first-order valence-corrected chi connectivity index (χ1v) is 10.8. The topological polar surface area (TPSA) is 88.4 Å². The quantitative estimate of drug-likeness (QED) is 0.363. The number of sulfonamides is 1. The number of aryl methyl sites for hydroxylation is 2. The lowest BCUT2D eigenvalue weighted by molar-refractivity contribution is 0.601. The lowest BCUT2D eigenvalue weighted by atomic mass is 10.2. The molecular formula is C22H21N5O2S. The molecule has 0 spiro atoms. The number of hydrogen-bond acceptors (Lipinski definition) is 5. The molecule has 0 aliphatic rings. The Morgan fingerprint density at radius 3 is 2.43 bits per heavy atom. The van der Waals surface area contributed by atoms with Gasteiger partial charge in [0.15, 0.2) is 0 Å². The third kappa shape index (κ3) is 4.04. The van der Waals surface area contributed by atoms with Gasteiger partial charge in [0.25, 0.3) is 10.0 Å². The minimum absolute atomic E-state index is 0.206. The summed E-state index contributed by atoms with van der Waals surface area (Å²) in [5.74, 6) is 0.588. The Balaban J connectivity index is 1.55. The van der Waals surface area contributed by atoms with Gasteiger partial charge in [-0.3, -0.25) is 4.72 Å². The average molecular weight is 420 g/mol. The van der Waals surface area contributed by atoms with E-state index in [2.05, 4.69) is 20.2 Å². The molecule has 0 unspecified atom stereocenters. The molecule has 1 aromatic heterocycles. The number of aromatic nitrogens is 2. The predicted molar refractivity (Wildman–Crippen MR) is 120 cm³/mol. The molecular weight excluding hydrogens is 398 g/mol. The molecule has 0 fully saturated rings. The third-order valence-corrected chi connectivity index (χ3v) is 6.07. The second-order valence-corrected chi connectivity index (χ2v) is 8.54. The fraction of sp³-hybridized carbons (Fsp3) is 0.0909. The molecule has 4 aromatic rings. The average Bonchev–Trinajstić information content (AvgIpc) is 3.05. The van der Waals surface area contributed by atoms with Crippen LogP contribution in [0.25, 0.3) is 11.0 Å². The largest absolute Gasteiger partial charge is 0.312 e. The zero-order valence-electron chi connectivity index (χ0n) is 16.6. The smallest absolute Gasteiger partial charge is 0.261 e. The lowest BCUT2D eigenvalue weighted by Crippen LogP contribution is -2.14. The van der Waals surface area contributed by atoms with Gasteiger partial charge in [0.05, 0.1) is 27.8 Å². The van der Waals surface area contributed by atoms with Gasteiger partial charge in [-0.2, -0.15) is 5.10 Å². The Labute approximate surface area is 175 Å². The molecule has 0 aliphatic carbocycles. The molecule has 0 bridgehead atoms. The maximum absolute atomic E-state index is 12.7. The van der Waals surface area contributed by atoms with Crippen LogP contribution in [0.4, 0.5) is 11.6 Å². The number of hydrogen-bond donors (Lipinski definition) is 2. The van der Waals surface area contributed by atoms with E-state index in [1.807, 2.05) is 48.9 Å². The van der Waals surface area contributed by atoms with E-state index < -0.39 is 10.0 Å². The summed E-state index contributed by atoms with van der Waals surface area (Å²) in [6, 6.07) is 21.6. The van der Waals surface area contributed by atoms with E-state index in [-0.39, 0.29) is 4.90 Å². The maximum atomic E-state index is 12.7. The standard InChI is InChI=1S/C22H21N5O2S/c1-16-11-13-18(14-12-16)30(28,29)26-19-8-4-3-7-17(19)15-23-25-22-24-20-9-5-6-10-21(20)27(22)2/h3-15,26H,1-2H3,(H,24,25). The lowest BCUT2D eigenvalue weighted by Gasteiger charge is -2.10. The Morgan fingerprint density at radius 2 is 1.67 bits per heavy atom. The Bertz CT molecular complexity index is 1330. The van der Waals surface area contributed by atoms with Crippen LogP contribution in [0.15, 0.2) is 82.8 Å². The number of anilines is 2. The number of benzene rings is 3. The SMILES string of the molecule is Cc1ccc(S(=O)(=O)Nc2ccccc2C=NNc2nc3ccccc3n2C)cc1. The van der Waals surface area contributed by atoms with Crippen LogP contribution in [0, 0.1) is 6.92 Å². The summed E-state index contributed by atoms with van der Waals surface area (Å²) >= 11 is 0. The van der Waals surface area contributed by atoms with Gasteiger partial charge >= 0.3 is 0 Å². The van der Waals surface area contributed by atoms with Crippen molar-refractivity contribution in [2.75, 3.05) is 10.1 Å². The molecule has 0 saturated carbocycles. The second-order valence-electron chi connectivity index (χ2n) is 6.86. The predicted octanol–water partition coefficient (Wildman–Crippen LogP) is 4.13. The summed E-state index contributed by atoms with van der Waals surface area (Å²) in [6.45, 7) is 1.91. The number of fused-ring (bicyclic) bond motifs is 1. The van der Waals surface area contributed by atoms with E-state index in [0.717, 1.165) is 16.6 Å². The first-order chi connectivity index (χ1) is 14.4. The minimum atomic E-state index is -3.70. The van der Waals surface area contributed by atoms with Gasteiger partial charge in [-0.05, 0) is 37.3 Å². The summed E-state index contributed by atoms with van der Waals surface area (Å²) in [5.41, 5.74) is 6.83. The second kappa shape index (κ2) is 8.00. The van der Waals surface area contributed by atoms with Crippen molar-refractivity contribution < 1.29 is 8.42 Å². The van der Waals surface area contributed by atoms with Crippen molar-refractivity contribution >= 4 is 38.9 Å². The molecule has 0 aliphatic heterocycles. The summed E-state index contributed by atoms with van der Waals surface area (Å²) in [4.78, 5) is 4.70. The normalized spacial score (nSPS) is 11.8. The first-order valence-electron chi connectivity index (χ1n) is 9.33. The highest BCUT2D eigenvalue weighted by atomic mass is 32.2. The highest BCUT2D eigenvalue weighted by Gasteiger charge is 2.15. The fourth-order valence-corrected chi connectivity index (χ4v) is 4.12. The molecule has 7 nitrogen and oxygen atoms in total. The van der Waals surface area contributed by atoms with Gasteiger partial charge in [0.1, 0.15) is 0 Å². The first kappa shape index (κ1) is 19.7. The molecule has 8 heteroatoms. The minimum Gasteiger partial charge on any atom is -0.312 e. The van der Waals surface area contributed by atoms with Crippen LogP contribution in [0.1, 0.15) is 11.1 Å². The molecule has 3 aromatic carbocycles. The van der Waals surface area contributed by atoms with Crippen molar-refractivity contribution in [2.45, 2.75) is 11.8 Å². The van der Waals surface area contributed by atoms with Gasteiger partial charge in [-0.1, -0.05) is 48.0 Å². The monoisotopic (exact) mass is 419 g/mol. The Morgan fingerprint density at radius 1 is 0.967 bits per heavy atom. The van der Waals surface area contributed by atoms with Crippen LogP contribution in [0.3, 0.4) is 0 Å². The molecule has 0 amide bonds. The van der Waals surface area contributed by atoms with Gasteiger partial charge in [-0.25, -0.2) is 18.8 Å². The highest BCUT2D eigenvalue weighted by molar-refractivity contribution is 7.92. The number of rotatable bonds is 6. The van der Waals surface area contributed by atoms with E-state index in [1.165, 1.54) is 0 Å². The van der Waals surface area contributed by atoms with E-state index in [9.17, 15) is 8.42 Å². The zero-order chi connectivity index (χ0) is 21.1. The molecule has 0 radical (unpaired) electrons. The van der Waals surface area contributed by atoms with Crippen molar-refractivity contribution in [1.82, 2.24) is 9.55 Å². The summed E-state index contributed by atoms with van der Waals surface area (Å²) in [5, 5.41) is 4.25. The molecule has 4 rings (SSSR count). The van der Waals surface area contributed by atoms with Gasteiger partial charge in [-0.15, -0.1) is 0 Å². The number of nitrogens with one attached hydrogen (secondary N) is 2. The van der Waals surface area contributed by atoms with Crippen molar-refractivity contribution in [3.05, 3.63) is 83.9 Å². The zero-order valence-corrected chi connectivity index (χ0v) is 17.4. The molecule has 1 heterocycles. The summed E-state index contributed by atoms with van der Waals surface area (Å²) in [6.07, 6.45) is 1.56. The van der Waals surface area contributed by atoms with E-state index >= 15 is 0 Å². The van der Waals surface area contributed by atoms with Crippen molar-refractivity contribution in [3.63, 3.8) is 0 Å². The van der Waals surface area contributed by atoms with Crippen LogP contribution < -0.4 is 10.1 Å². The number of imidazole rings is 1. The Kier molecular flexibility index (Phi) is 5.24. The summed E-state index contributed by atoms with van der Waals surface area (Å²) < 4.78 is 30.0. The fourth-order valence-electron chi connectivity index (χ4n) is 3.03. The molecule has 152 valence electrons. The van der Waals surface area contributed by atoms with Crippen molar-refractivity contribution in [3.8, 4) is 0 Å². The molecule has 0 atom stereocenters. The Hall–Kier alpha value is -3.65.